The minimum absolute atomic E-state index is 0.301. The summed E-state index contributed by atoms with van der Waals surface area (Å²) in [6.07, 6.45) is 3.64. The van der Waals surface area contributed by atoms with Gasteiger partial charge in [-0.3, -0.25) is 4.99 Å². The standard InChI is InChI=1S/C19H31N3O2/c1-15(2)10-12-24-18-9-5-4-7-16(18)13-21-19(20-3)22-14-17-8-6-11-23-17/h4-5,7,9,15,17H,6,8,10-14H2,1-3H3,(H2,20,21,22). The number of nitrogens with zero attached hydrogens (tertiary/aromatic N) is 1. The second-order valence-electron chi connectivity index (χ2n) is 6.58. The van der Waals surface area contributed by atoms with Crippen LogP contribution in [0.2, 0.25) is 0 Å². The van der Waals surface area contributed by atoms with Gasteiger partial charge in [-0.1, -0.05) is 32.0 Å². The van der Waals surface area contributed by atoms with E-state index < -0.39 is 0 Å². The van der Waals surface area contributed by atoms with Crippen molar-refractivity contribution in [2.24, 2.45) is 10.9 Å². The first-order valence-corrected chi connectivity index (χ1v) is 8.96. The Kier molecular flexibility index (Phi) is 7.89. The number of hydrogen-bond donors (Lipinski definition) is 2. The zero-order valence-corrected chi connectivity index (χ0v) is 15.2. The predicted molar refractivity (Wildman–Crippen MR) is 98.6 cm³/mol. The van der Waals surface area contributed by atoms with E-state index in [0.29, 0.717) is 18.6 Å². The zero-order chi connectivity index (χ0) is 17.2. The Morgan fingerprint density at radius 1 is 1.33 bits per heavy atom. The summed E-state index contributed by atoms with van der Waals surface area (Å²) in [7, 11) is 1.79. The third kappa shape index (κ3) is 6.40. The van der Waals surface area contributed by atoms with E-state index in [-0.39, 0.29) is 0 Å². The van der Waals surface area contributed by atoms with Gasteiger partial charge in [0.25, 0.3) is 0 Å². The molecule has 24 heavy (non-hydrogen) atoms. The number of benzene rings is 1. The van der Waals surface area contributed by atoms with Gasteiger partial charge in [-0.25, -0.2) is 0 Å². The van der Waals surface area contributed by atoms with E-state index in [1.54, 1.807) is 7.05 Å². The van der Waals surface area contributed by atoms with E-state index in [9.17, 15) is 0 Å². The average Bonchev–Trinajstić information content (AvgIpc) is 3.09. The molecular formula is C19H31N3O2. The molecule has 134 valence electrons. The molecule has 0 aliphatic carbocycles. The Labute approximate surface area is 145 Å². The summed E-state index contributed by atoms with van der Waals surface area (Å²) >= 11 is 0. The predicted octanol–water partition coefficient (Wildman–Crippen LogP) is 2.96. The van der Waals surface area contributed by atoms with E-state index in [1.165, 1.54) is 0 Å². The first kappa shape index (κ1) is 18.6. The molecule has 1 aliphatic rings. The highest BCUT2D eigenvalue weighted by molar-refractivity contribution is 5.79. The number of guanidine groups is 1. The lowest BCUT2D eigenvalue weighted by Gasteiger charge is -2.17. The van der Waals surface area contributed by atoms with Gasteiger partial charge in [0.2, 0.25) is 0 Å². The lowest BCUT2D eigenvalue weighted by molar-refractivity contribution is 0.114. The number of nitrogens with one attached hydrogen (secondary N) is 2. The fourth-order valence-corrected chi connectivity index (χ4v) is 2.61. The normalized spacial score (nSPS) is 18.0. The smallest absolute Gasteiger partial charge is 0.191 e. The summed E-state index contributed by atoms with van der Waals surface area (Å²) < 4.78 is 11.6. The Morgan fingerprint density at radius 2 is 2.17 bits per heavy atom. The molecule has 1 saturated heterocycles. The fourth-order valence-electron chi connectivity index (χ4n) is 2.61. The summed E-state index contributed by atoms with van der Waals surface area (Å²) in [6, 6.07) is 8.17. The van der Waals surface area contributed by atoms with Crippen LogP contribution in [0.15, 0.2) is 29.3 Å². The Hall–Kier alpha value is -1.75. The molecule has 2 N–H and O–H groups in total. The molecule has 5 heteroatoms. The Balaban J connectivity index is 1.80. The van der Waals surface area contributed by atoms with Gasteiger partial charge in [0.15, 0.2) is 5.96 Å². The first-order valence-electron chi connectivity index (χ1n) is 8.96. The van der Waals surface area contributed by atoms with Crippen LogP contribution in [0.4, 0.5) is 0 Å². The van der Waals surface area contributed by atoms with Gasteiger partial charge in [0.1, 0.15) is 5.75 Å². The number of para-hydroxylation sites is 1. The van der Waals surface area contributed by atoms with Crippen LogP contribution in [0, 0.1) is 5.92 Å². The maximum Gasteiger partial charge on any atom is 0.191 e. The third-order valence-electron chi connectivity index (χ3n) is 4.12. The maximum absolute atomic E-state index is 5.93. The molecule has 0 bridgehead atoms. The molecular weight excluding hydrogens is 302 g/mol. The zero-order valence-electron chi connectivity index (χ0n) is 15.2. The van der Waals surface area contributed by atoms with Crippen molar-refractivity contribution < 1.29 is 9.47 Å². The lowest BCUT2D eigenvalue weighted by atomic mass is 10.1. The van der Waals surface area contributed by atoms with Crippen LogP contribution >= 0.6 is 0 Å². The molecule has 0 amide bonds. The van der Waals surface area contributed by atoms with Crippen molar-refractivity contribution in [1.82, 2.24) is 10.6 Å². The lowest BCUT2D eigenvalue weighted by Crippen LogP contribution is -2.40. The van der Waals surface area contributed by atoms with Crippen LogP contribution in [0.1, 0.15) is 38.7 Å². The highest BCUT2D eigenvalue weighted by Gasteiger charge is 2.15. The van der Waals surface area contributed by atoms with Gasteiger partial charge in [0, 0.05) is 32.3 Å². The number of ether oxygens (including phenoxy) is 2. The summed E-state index contributed by atoms with van der Waals surface area (Å²) in [6.45, 7) is 7.52. The molecule has 0 aromatic heterocycles. The SMILES string of the molecule is CN=C(NCc1ccccc1OCCC(C)C)NCC1CCCO1. The van der Waals surface area contributed by atoms with Gasteiger partial charge >= 0.3 is 0 Å². The summed E-state index contributed by atoms with van der Waals surface area (Å²) in [5, 5.41) is 6.68. The first-order chi connectivity index (χ1) is 11.7. The molecule has 0 saturated carbocycles. The maximum atomic E-state index is 5.93. The highest BCUT2D eigenvalue weighted by Crippen LogP contribution is 2.18. The minimum atomic E-state index is 0.301. The van der Waals surface area contributed by atoms with Crippen molar-refractivity contribution in [1.29, 1.82) is 0 Å². The monoisotopic (exact) mass is 333 g/mol. The van der Waals surface area contributed by atoms with Gasteiger partial charge < -0.3 is 20.1 Å². The molecule has 1 fully saturated rings. The molecule has 0 radical (unpaired) electrons. The van der Waals surface area contributed by atoms with Crippen LogP contribution in [-0.2, 0) is 11.3 Å². The molecule has 1 unspecified atom stereocenters. The van der Waals surface area contributed by atoms with E-state index in [1.807, 2.05) is 18.2 Å². The fraction of sp³-hybridized carbons (Fsp3) is 0.632. The van der Waals surface area contributed by atoms with Gasteiger partial charge in [-0.15, -0.1) is 0 Å². The Bertz CT molecular complexity index is 511. The van der Waals surface area contributed by atoms with Crippen LogP contribution in [0.3, 0.4) is 0 Å². The molecule has 1 heterocycles. The number of rotatable bonds is 8. The molecule has 1 aromatic rings. The van der Waals surface area contributed by atoms with Crippen LogP contribution < -0.4 is 15.4 Å². The summed E-state index contributed by atoms with van der Waals surface area (Å²) in [5.41, 5.74) is 1.14. The van der Waals surface area contributed by atoms with E-state index in [4.69, 9.17) is 9.47 Å². The van der Waals surface area contributed by atoms with Crippen molar-refractivity contribution in [2.75, 3.05) is 26.8 Å². The Morgan fingerprint density at radius 3 is 2.88 bits per heavy atom. The van der Waals surface area contributed by atoms with Crippen LogP contribution in [0.5, 0.6) is 5.75 Å². The molecule has 1 aliphatic heterocycles. The molecule has 1 atom stereocenters. The molecule has 5 nitrogen and oxygen atoms in total. The van der Waals surface area contributed by atoms with E-state index in [0.717, 1.165) is 56.3 Å². The summed E-state index contributed by atoms with van der Waals surface area (Å²) in [5.74, 6) is 2.39. The van der Waals surface area contributed by atoms with Crippen molar-refractivity contribution in [3.8, 4) is 5.75 Å². The number of hydrogen-bond acceptors (Lipinski definition) is 3. The average molecular weight is 333 g/mol. The summed E-state index contributed by atoms with van der Waals surface area (Å²) in [4.78, 5) is 4.28. The van der Waals surface area contributed by atoms with Gasteiger partial charge in [0.05, 0.1) is 12.7 Å². The topological polar surface area (TPSA) is 54.9 Å². The minimum Gasteiger partial charge on any atom is -0.493 e. The van der Waals surface area contributed by atoms with Crippen molar-refractivity contribution in [3.63, 3.8) is 0 Å². The molecule has 0 spiro atoms. The molecule has 2 rings (SSSR count). The second kappa shape index (κ2) is 10.2. The van der Waals surface area contributed by atoms with Gasteiger partial charge in [-0.2, -0.15) is 0 Å². The largest absolute Gasteiger partial charge is 0.493 e. The van der Waals surface area contributed by atoms with Crippen molar-refractivity contribution in [3.05, 3.63) is 29.8 Å². The second-order valence-corrected chi connectivity index (χ2v) is 6.58. The van der Waals surface area contributed by atoms with Crippen molar-refractivity contribution in [2.45, 2.75) is 45.8 Å². The van der Waals surface area contributed by atoms with E-state index in [2.05, 4.69) is 35.5 Å². The molecule has 1 aromatic carbocycles. The van der Waals surface area contributed by atoms with E-state index >= 15 is 0 Å². The van der Waals surface area contributed by atoms with Gasteiger partial charge in [-0.05, 0) is 31.2 Å². The highest BCUT2D eigenvalue weighted by atomic mass is 16.5. The third-order valence-corrected chi connectivity index (χ3v) is 4.12. The quantitative estimate of drug-likeness (QED) is 0.567. The van der Waals surface area contributed by atoms with Crippen molar-refractivity contribution >= 4 is 5.96 Å². The van der Waals surface area contributed by atoms with Crippen LogP contribution in [-0.4, -0.2) is 38.9 Å². The van der Waals surface area contributed by atoms with Crippen LogP contribution in [0.25, 0.3) is 0 Å². The number of aliphatic imine (C=N–C) groups is 1.